The molecule has 4 aromatic heterocycles. The maximum atomic E-state index is 6.21. The van der Waals surface area contributed by atoms with Crippen molar-refractivity contribution < 1.29 is 0 Å². The van der Waals surface area contributed by atoms with Crippen molar-refractivity contribution in [2.24, 2.45) is 0 Å². The topological polar surface area (TPSA) is 60.6 Å². The van der Waals surface area contributed by atoms with Crippen LogP contribution in [-0.4, -0.2) is 18.8 Å². The quantitative estimate of drug-likeness (QED) is 0.574. The van der Waals surface area contributed by atoms with Crippen LogP contribution in [0.2, 0.25) is 0 Å². The van der Waals surface area contributed by atoms with E-state index in [1.807, 2.05) is 64.6 Å². The summed E-state index contributed by atoms with van der Waals surface area (Å²) in [7, 11) is 0. The van der Waals surface area contributed by atoms with Gasteiger partial charge in [0.25, 0.3) is 0 Å². The second-order valence-electron chi connectivity index (χ2n) is 4.82. The van der Waals surface area contributed by atoms with Gasteiger partial charge in [0.1, 0.15) is 28.5 Å². The molecule has 0 amide bonds. The molecule has 0 saturated carbocycles. The summed E-state index contributed by atoms with van der Waals surface area (Å²) in [6, 6.07) is 9.88. The molecule has 0 spiro atoms. The Hall–Kier alpha value is -2.82. The average molecular weight is 263 g/mol. The molecule has 20 heavy (non-hydrogen) atoms. The number of fused-ring (bicyclic) bond motifs is 2. The molecule has 0 aliphatic carbocycles. The van der Waals surface area contributed by atoms with Crippen LogP contribution in [-0.2, 0) is 0 Å². The van der Waals surface area contributed by atoms with Gasteiger partial charge in [-0.05, 0) is 30.7 Å². The molecule has 0 aliphatic rings. The summed E-state index contributed by atoms with van der Waals surface area (Å²) < 4.78 is 3.86. The smallest absolute Gasteiger partial charge is 0.142 e. The molecular formula is C15H13N5. The summed E-state index contributed by atoms with van der Waals surface area (Å²) in [5.41, 5.74) is 10.6. The van der Waals surface area contributed by atoms with Crippen LogP contribution in [0.1, 0.15) is 5.56 Å². The van der Waals surface area contributed by atoms with E-state index in [0.717, 1.165) is 28.2 Å². The van der Waals surface area contributed by atoms with E-state index in [2.05, 4.69) is 9.97 Å². The van der Waals surface area contributed by atoms with Crippen LogP contribution in [0.3, 0.4) is 0 Å². The van der Waals surface area contributed by atoms with E-state index in [0.29, 0.717) is 5.82 Å². The van der Waals surface area contributed by atoms with Crippen LogP contribution in [0, 0.1) is 6.92 Å². The molecule has 0 atom stereocenters. The summed E-state index contributed by atoms with van der Waals surface area (Å²) in [4.78, 5) is 9.22. The highest BCUT2D eigenvalue weighted by molar-refractivity contribution is 5.74. The van der Waals surface area contributed by atoms with Crippen molar-refractivity contribution in [1.29, 1.82) is 0 Å². The Labute approximate surface area is 115 Å². The van der Waals surface area contributed by atoms with Gasteiger partial charge < -0.3 is 10.1 Å². The predicted octanol–water partition coefficient (Wildman–Crippen LogP) is 2.54. The molecule has 0 saturated heterocycles. The van der Waals surface area contributed by atoms with E-state index < -0.39 is 0 Å². The molecule has 0 unspecified atom stereocenters. The molecule has 5 nitrogen and oxygen atoms in total. The van der Waals surface area contributed by atoms with Crippen molar-refractivity contribution in [1.82, 2.24) is 18.8 Å². The van der Waals surface area contributed by atoms with Gasteiger partial charge in [0.05, 0.1) is 0 Å². The molecule has 0 aliphatic heterocycles. The molecule has 4 aromatic rings. The highest BCUT2D eigenvalue weighted by Crippen LogP contribution is 2.26. The van der Waals surface area contributed by atoms with Crippen LogP contribution in [0.4, 0.5) is 5.82 Å². The van der Waals surface area contributed by atoms with Crippen molar-refractivity contribution in [2.75, 3.05) is 5.73 Å². The SMILES string of the molecule is Cc1cccn2c(N)c(-c3cn4ccccc4n3)nc12. The van der Waals surface area contributed by atoms with Gasteiger partial charge in [-0.3, -0.25) is 4.40 Å². The summed E-state index contributed by atoms with van der Waals surface area (Å²) in [5, 5.41) is 0. The van der Waals surface area contributed by atoms with Gasteiger partial charge in [-0.15, -0.1) is 0 Å². The molecule has 0 bridgehead atoms. The van der Waals surface area contributed by atoms with Gasteiger partial charge in [-0.25, -0.2) is 9.97 Å². The first-order valence-corrected chi connectivity index (χ1v) is 6.41. The van der Waals surface area contributed by atoms with Gasteiger partial charge >= 0.3 is 0 Å². The second kappa shape index (κ2) is 3.84. The summed E-state index contributed by atoms with van der Waals surface area (Å²) in [6.07, 6.45) is 5.83. The van der Waals surface area contributed by atoms with Crippen LogP contribution >= 0.6 is 0 Å². The highest BCUT2D eigenvalue weighted by Gasteiger charge is 2.15. The van der Waals surface area contributed by atoms with Gasteiger partial charge in [0, 0.05) is 18.6 Å². The van der Waals surface area contributed by atoms with Gasteiger partial charge in [-0.2, -0.15) is 0 Å². The lowest BCUT2D eigenvalue weighted by atomic mass is 10.3. The minimum absolute atomic E-state index is 0.618. The van der Waals surface area contributed by atoms with E-state index in [4.69, 9.17) is 5.73 Å². The zero-order chi connectivity index (χ0) is 13.7. The first kappa shape index (κ1) is 11.0. The fourth-order valence-electron chi connectivity index (χ4n) is 2.46. The molecule has 0 fully saturated rings. The van der Waals surface area contributed by atoms with Crippen molar-refractivity contribution in [3.8, 4) is 11.4 Å². The largest absolute Gasteiger partial charge is 0.383 e. The van der Waals surface area contributed by atoms with E-state index in [1.54, 1.807) is 0 Å². The number of hydrogen-bond donors (Lipinski definition) is 1. The van der Waals surface area contributed by atoms with E-state index in [-0.39, 0.29) is 0 Å². The third kappa shape index (κ3) is 1.43. The first-order valence-electron chi connectivity index (χ1n) is 6.41. The Kier molecular flexibility index (Phi) is 2.12. The molecule has 98 valence electrons. The predicted molar refractivity (Wildman–Crippen MR) is 78.5 cm³/mol. The first-order chi connectivity index (χ1) is 9.74. The molecule has 2 N–H and O–H groups in total. The molecule has 4 rings (SSSR count). The third-order valence-corrected chi connectivity index (χ3v) is 3.49. The summed E-state index contributed by atoms with van der Waals surface area (Å²) in [6.45, 7) is 2.02. The van der Waals surface area contributed by atoms with Gasteiger partial charge in [0.2, 0.25) is 0 Å². The molecule has 5 heteroatoms. The van der Waals surface area contributed by atoms with Crippen LogP contribution in [0.25, 0.3) is 22.7 Å². The number of aromatic nitrogens is 4. The Morgan fingerprint density at radius 1 is 1.05 bits per heavy atom. The summed E-state index contributed by atoms with van der Waals surface area (Å²) >= 11 is 0. The monoisotopic (exact) mass is 263 g/mol. The number of anilines is 1. The number of nitrogen functional groups attached to an aromatic ring is 1. The maximum Gasteiger partial charge on any atom is 0.142 e. The molecule has 0 radical (unpaired) electrons. The second-order valence-corrected chi connectivity index (χ2v) is 4.82. The highest BCUT2D eigenvalue weighted by atomic mass is 15.1. The van der Waals surface area contributed by atoms with E-state index in [9.17, 15) is 0 Å². The zero-order valence-corrected chi connectivity index (χ0v) is 11.0. The normalized spacial score (nSPS) is 11.4. The minimum atomic E-state index is 0.618. The number of hydrogen-bond acceptors (Lipinski definition) is 3. The Morgan fingerprint density at radius 2 is 1.95 bits per heavy atom. The van der Waals surface area contributed by atoms with Crippen LogP contribution < -0.4 is 5.73 Å². The number of imidazole rings is 2. The Morgan fingerprint density at radius 3 is 2.75 bits per heavy atom. The molecule has 4 heterocycles. The lowest BCUT2D eigenvalue weighted by Crippen LogP contribution is -1.94. The van der Waals surface area contributed by atoms with Crippen molar-refractivity contribution in [2.45, 2.75) is 6.92 Å². The maximum absolute atomic E-state index is 6.21. The number of nitrogens with zero attached hydrogens (tertiary/aromatic N) is 4. The lowest BCUT2D eigenvalue weighted by molar-refractivity contribution is 1.17. The average Bonchev–Trinajstić information content (AvgIpc) is 3.01. The van der Waals surface area contributed by atoms with Gasteiger partial charge in [-0.1, -0.05) is 12.1 Å². The van der Waals surface area contributed by atoms with Crippen molar-refractivity contribution in [3.63, 3.8) is 0 Å². The molecule has 0 aromatic carbocycles. The van der Waals surface area contributed by atoms with Gasteiger partial charge in [0.15, 0.2) is 0 Å². The minimum Gasteiger partial charge on any atom is -0.383 e. The third-order valence-electron chi connectivity index (χ3n) is 3.49. The van der Waals surface area contributed by atoms with Crippen LogP contribution in [0.5, 0.6) is 0 Å². The van der Waals surface area contributed by atoms with E-state index >= 15 is 0 Å². The number of rotatable bonds is 1. The van der Waals surface area contributed by atoms with Crippen molar-refractivity contribution in [3.05, 3.63) is 54.5 Å². The standard InChI is InChI=1S/C15H13N5/c1-10-5-4-8-20-14(16)13(18-15(10)20)11-9-19-7-3-2-6-12(19)17-11/h2-9H,16H2,1H3. The summed E-state index contributed by atoms with van der Waals surface area (Å²) in [5.74, 6) is 0.618. The van der Waals surface area contributed by atoms with Crippen LogP contribution in [0.15, 0.2) is 48.9 Å². The lowest BCUT2D eigenvalue weighted by Gasteiger charge is -1.97. The van der Waals surface area contributed by atoms with E-state index in [1.165, 1.54) is 0 Å². The fourth-order valence-corrected chi connectivity index (χ4v) is 2.46. The zero-order valence-electron chi connectivity index (χ0n) is 11.0. The molecular weight excluding hydrogens is 250 g/mol. The number of pyridine rings is 2. The Balaban J connectivity index is 2.02. The number of aryl methyl sites for hydroxylation is 1. The van der Waals surface area contributed by atoms with Crippen molar-refractivity contribution >= 4 is 17.1 Å². The number of nitrogens with two attached hydrogens (primary N) is 1. The fraction of sp³-hybridized carbons (Fsp3) is 0.0667. The Bertz CT molecular complexity index is 899.